The number of nitrogens with one attached hydrogen (secondary N) is 2. The van der Waals surface area contributed by atoms with Gasteiger partial charge in [-0.15, -0.1) is 0 Å². The molecule has 2 aromatic carbocycles. The average Bonchev–Trinajstić information content (AvgIpc) is 2.56. The number of benzene rings is 2. The van der Waals surface area contributed by atoms with Crippen LogP contribution in [0, 0.1) is 27.7 Å². The number of para-hydroxylation sites is 2. The Hall–Kier alpha value is -0.534. The molecular weight excluding hydrogens is 525 g/mol. The first kappa shape index (κ1) is 29.7. The Kier molecular flexibility index (Phi) is 16.2. The average molecular weight is 558 g/mol. The fourth-order valence-electron chi connectivity index (χ4n) is 3.23. The molecule has 2 N–H and O–H groups in total. The molecule has 0 aliphatic carbocycles. The summed E-state index contributed by atoms with van der Waals surface area (Å²) in [6, 6.07) is 12.9. The van der Waals surface area contributed by atoms with E-state index in [-0.39, 0.29) is 50.7 Å². The molecule has 0 aliphatic rings. The van der Waals surface area contributed by atoms with Gasteiger partial charge in [-0.1, -0.05) is 36.4 Å². The number of halogens is 2. The third kappa shape index (κ3) is 9.31. The maximum Gasteiger partial charge on any atom is 2.00 e. The monoisotopic (exact) mass is 556 g/mol. The second kappa shape index (κ2) is 15.3. The standard InChI is InChI=1S/C22H33N3.2BrH.Co/c1-17-9-6-10-18(2)21(17)23-13-8-15-25(5)16-14-24-22-19(3)11-7-12-20(22)4;;;/h6-7,9-12,23-24H,8,13-16H2,1-5H3;2*1H;/q;;;+2/p-2. The number of aryl methyl sites for hydroxylation is 4. The maximum atomic E-state index is 3.59. The number of likely N-dealkylation sites (N-methyl/N-ethyl adjacent to an activating group) is 1. The number of hydrogen-bond acceptors (Lipinski definition) is 3. The molecule has 6 heteroatoms. The van der Waals surface area contributed by atoms with E-state index < -0.39 is 0 Å². The molecule has 0 atom stereocenters. The van der Waals surface area contributed by atoms with E-state index in [0.29, 0.717) is 0 Å². The molecule has 0 bridgehead atoms. The van der Waals surface area contributed by atoms with Gasteiger partial charge in [0.05, 0.1) is 0 Å². The summed E-state index contributed by atoms with van der Waals surface area (Å²) in [5, 5.41) is 7.18. The molecule has 0 aromatic heterocycles. The van der Waals surface area contributed by atoms with Gasteiger partial charge in [-0.25, -0.2) is 0 Å². The fraction of sp³-hybridized carbons (Fsp3) is 0.455. The number of hydrogen-bond donors (Lipinski definition) is 2. The Labute approximate surface area is 202 Å². The third-order valence-corrected chi connectivity index (χ3v) is 4.78. The smallest absolute Gasteiger partial charge is 1.00 e. The Balaban J connectivity index is 0. The van der Waals surface area contributed by atoms with Crippen molar-refractivity contribution in [2.45, 2.75) is 34.1 Å². The molecule has 2 aromatic rings. The van der Waals surface area contributed by atoms with Gasteiger partial charge >= 0.3 is 16.8 Å². The molecule has 3 nitrogen and oxygen atoms in total. The van der Waals surface area contributed by atoms with Crippen molar-refractivity contribution in [3.8, 4) is 0 Å². The van der Waals surface area contributed by atoms with Gasteiger partial charge in [-0.3, -0.25) is 0 Å². The zero-order valence-electron chi connectivity index (χ0n) is 17.5. The zero-order chi connectivity index (χ0) is 18.2. The second-order valence-corrected chi connectivity index (χ2v) is 7.04. The van der Waals surface area contributed by atoms with Gasteiger partial charge in [0.2, 0.25) is 0 Å². The van der Waals surface area contributed by atoms with Crippen molar-refractivity contribution in [3.05, 3.63) is 58.7 Å². The Morgan fingerprint density at radius 2 is 1.07 bits per heavy atom. The molecule has 2 rings (SSSR count). The van der Waals surface area contributed by atoms with Gasteiger partial charge < -0.3 is 49.5 Å². The quantitative estimate of drug-likeness (QED) is 0.378. The van der Waals surface area contributed by atoms with Crippen LogP contribution in [0.5, 0.6) is 0 Å². The van der Waals surface area contributed by atoms with Gasteiger partial charge in [0.15, 0.2) is 0 Å². The number of rotatable bonds is 9. The van der Waals surface area contributed by atoms with E-state index in [4.69, 9.17) is 0 Å². The van der Waals surface area contributed by atoms with E-state index in [1.165, 1.54) is 33.6 Å². The summed E-state index contributed by atoms with van der Waals surface area (Å²) in [6.45, 7) is 12.8. The maximum absolute atomic E-state index is 3.59. The molecule has 0 fully saturated rings. The van der Waals surface area contributed by atoms with Crippen LogP contribution in [0.1, 0.15) is 28.7 Å². The summed E-state index contributed by atoms with van der Waals surface area (Å²) in [4.78, 5) is 2.40. The van der Waals surface area contributed by atoms with Gasteiger partial charge in [0.1, 0.15) is 0 Å². The van der Waals surface area contributed by atoms with Crippen LogP contribution in [-0.2, 0) is 16.8 Å². The predicted octanol–water partition coefficient (Wildman–Crippen LogP) is -1.23. The van der Waals surface area contributed by atoms with E-state index in [1.807, 2.05) is 0 Å². The minimum Gasteiger partial charge on any atom is -1.00 e. The van der Waals surface area contributed by atoms with Crippen molar-refractivity contribution in [1.82, 2.24) is 4.90 Å². The summed E-state index contributed by atoms with van der Waals surface area (Å²) in [7, 11) is 2.20. The molecule has 0 saturated heterocycles. The van der Waals surface area contributed by atoms with E-state index in [1.54, 1.807) is 0 Å². The number of nitrogens with zero attached hydrogens (tertiary/aromatic N) is 1. The first-order chi connectivity index (χ1) is 12.0. The molecule has 0 spiro atoms. The first-order valence-corrected chi connectivity index (χ1v) is 9.27. The second-order valence-electron chi connectivity index (χ2n) is 7.04. The van der Waals surface area contributed by atoms with Crippen molar-refractivity contribution < 1.29 is 50.7 Å². The van der Waals surface area contributed by atoms with E-state index in [2.05, 4.69) is 86.7 Å². The van der Waals surface area contributed by atoms with Crippen LogP contribution in [0.3, 0.4) is 0 Å². The minimum absolute atomic E-state index is 0. The minimum atomic E-state index is 0. The Morgan fingerprint density at radius 3 is 1.50 bits per heavy atom. The van der Waals surface area contributed by atoms with Crippen molar-refractivity contribution in [3.63, 3.8) is 0 Å². The van der Waals surface area contributed by atoms with Crippen LogP contribution in [0.2, 0.25) is 0 Å². The predicted molar refractivity (Wildman–Crippen MR) is 111 cm³/mol. The number of anilines is 2. The van der Waals surface area contributed by atoms with Crippen LogP contribution < -0.4 is 44.6 Å². The summed E-state index contributed by atoms with van der Waals surface area (Å²) in [6.07, 6.45) is 1.15. The first-order valence-electron chi connectivity index (χ1n) is 9.27. The molecule has 159 valence electrons. The summed E-state index contributed by atoms with van der Waals surface area (Å²) >= 11 is 0. The van der Waals surface area contributed by atoms with Gasteiger partial charge in [-0.2, -0.15) is 0 Å². The van der Waals surface area contributed by atoms with Crippen molar-refractivity contribution in [2.75, 3.05) is 43.9 Å². The van der Waals surface area contributed by atoms with Crippen LogP contribution in [0.25, 0.3) is 0 Å². The van der Waals surface area contributed by atoms with Crippen LogP contribution in [-0.4, -0.2) is 38.1 Å². The normalized spacial score (nSPS) is 9.79. The zero-order valence-corrected chi connectivity index (χ0v) is 21.7. The summed E-state index contributed by atoms with van der Waals surface area (Å²) in [5.74, 6) is 0. The fourth-order valence-corrected chi connectivity index (χ4v) is 3.23. The SMILES string of the molecule is Cc1cccc(C)c1NCCCN(C)CCNc1c(C)cccc1C.[Br-].[Br-].[Co+2]. The molecule has 0 aliphatic heterocycles. The van der Waals surface area contributed by atoms with E-state index >= 15 is 0 Å². The molecular formula is C22H33Br2CoN3. The van der Waals surface area contributed by atoms with Gasteiger partial charge in [-0.05, 0) is 70.0 Å². The molecule has 0 unspecified atom stereocenters. The summed E-state index contributed by atoms with van der Waals surface area (Å²) in [5.41, 5.74) is 7.87. The van der Waals surface area contributed by atoms with E-state index in [0.717, 1.165) is 32.6 Å². The molecule has 28 heavy (non-hydrogen) atoms. The van der Waals surface area contributed by atoms with Gasteiger partial charge in [0.25, 0.3) is 0 Å². The third-order valence-electron chi connectivity index (χ3n) is 4.78. The van der Waals surface area contributed by atoms with E-state index in [9.17, 15) is 0 Å². The molecule has 0 heterocycles. The van der Waals surface area contributed by atoms with Crippen molar-refractivity contribution in [2.24, 2.45) is 0 Å². The van der Waals surface area contributed by atoms with Crippen LogP contribution in [0.15, 0.2) is 36.4 Å². The van der Waals surface area contributed by atoms with Gasteiger partial charge in [0, 0.05) is 31.0 Å². The molecule has 0 saturated carbocycles. The molecule has 0 amide bonds. The largest absolute Gasteiger partial charge is 2.00 e. The van der Waals surface area contributed by atoms with Crippen molar-refractivity contribution >= 4 is 11.4 Å². The van der Waals surface area contributed by atoms with Crippen molar-refractivity contribution in [1.29, 1.82) is 0 Å². The summed E-state index contributed by atoms with van der Waals surface area (Å²) < 4.78 is 0. The topological polar surface area (TPSA) is 27.3 Å². The Morgan fingerprint density at radius 1 is 0.679 bits per heavy atom. The van der Waals surface area contributed by atoms with Crippen LogP contribution >= 0.6 is 0 Å². The Bertz CT molecular complexity index is 655. The van der Waals surface area contributed by atoms with Crippen LogP contribution in [0.4, 0.5) is 11.4 Å². The molecule has 1 radical (unpaired) electrons.